The normalized spacial score (nSPS) is 16.0. The summed E-state index contributed by atoms with van der Waals surface area (Å²) in [5.41, 5.74) is 8.68. The summed E-state index contributed by atoms with van der Waals surface area (Å²) >= 11 is 1.41. The minimum absolute atomic E-state index is 0. The lowest BCUT2D eigenvalue weighted by atomic mass is 9.89. The molecule has 1 aliphatic carbocycles. The summed E-state index contributed by atoms with van der Waals surface area (Å²) < 4.78 is 6.04. The van der Waals surface area contributed by atoms with Gasteiger partial charge in [-0.05, 0) is 36.8 Å². The fraction of sp³-hybridized carbons (Fsp3) is 0.444. The van der Waals surface area contributed by atoms with Crippen molar-refractivity contribution in [3.8, 4) is 0 Å². The van der Waals surface area contributed by atoms with E-state index in [9.17, 15) is 4.79 Å². The van der Waals surface area contributed by atoms with Gasteiger partial charge in [0.25, 0.3) is 5.91 Å². The average molecular weight is 382 g/mol. The van der Waals surface area contributed by atoms with Crippen molar-refractivity contribution in [2.24, 2.45) is 5.73 Å². The average Bonchev–Trinajstić information content (AvgIpc) is 3.11. The van der Waals surface area contributed by atoms with Crippen LogP contribution in [0.25, 0.3) is 0 Å². The third-order valence-electron chi connectivity index (χ3n) is 4.20. The van der Waals surface area contributed by atoms with E-state index < -0.39 is 0 Å². The Kier molecular flexibility index (Phi) is 7.84. The van der Waals surface area contributed by atoms with Crippen LogP contribution in [0.1, 0.15) is 52.0 Å². The predicted octanol–water partition coefficient (Wildman–Crippen LogP) is 3.24. The van der Waals surface area contributed by atoms with Crippen molar-refractivity contribution in [3.05, 3.63) is 51.5 Å². The topological polar surface area (TPSA) is 77.2 Å². The summed E-state index contributed by atoms with van der Waals surface area (Å²) in [7, 11) is 0. The number of hydrogen-bond donors (Lipinski definition) is 2. The molecule has 0 fully saturated rings. The number of nitrogens with one attached hydrogen (secondary N) is 1. The van der Waals surface area contributed by atoms with Crippen molar-refractivity contribution in [2.75, 3.05) is 13.2 Å². The Morgan fingerprint density at radius 1 is 1.40 bits per heavy atom. The number of hydrogen-bond acceptors (Lipinski definition) is 5. The first-order valence-corrected chi connectivity index (χ1v) is 9.28. The van der Waals surface area contributed by atoms with Crippen LogP contribution >= 0.6 is 23.7 Å². The van der Waals surface area contributed by atoms with E-state index >= 15 is 0 Å². The van der Waals surface area contributed by atoms with Gasteiger partial charge in [0.05, 0.1) is 6.10 Å². The second-order valence-electron chi connectivity index (χ2n) is 5.89. The number of nitrogens with two attached hydrogens (primary N) is 1. The van der Waals surface area contributed by atoms with Crippen LogP contribution in [0.3, 0.4) is 0 Å². The Morgan fingerprint density at radius 2 is 2.24 bits per heavy atom. The van der Waals surface area contributed by atoms with E-state index in [2.05, 4.69) is 34.6 Å². The number of aromatic nitrogens is 1. The Labute approximate surface area is 158 Å². The van der Waals surface area contributed by atoms with Crippen LogP contribution in [0.2, 0.25) is 0 Å². The molecule has 1 atom stereocenters. The quantitative estimate of drug-likeness (QED) is 0.722. The lowest BCUT2D eigenvalue weighted by molar-refractivity contribution is 0.0393. The van der Waals surface area contributed by atoms with E-state index in [0.717, 1.165) is 24.3 Å². The number of carbonyl (C=O) groups is 1. The first-order chi connectivity index (χ1) is 11.8. The van der Waals surface area contributed by atoms with Crippen molar-refractivity contribution in [1.82, 2.24) is 10.3 Å². The maximum absolute atomic E-state index is 12.0. The highest BCUT2D eigenvalue weighted by Gasteiger charge is 2.19. The third-order valence-corrected chi connectivity index (χ3v) is 5.07. The number of benzene rings is 1. The smallest absolute Gasteiger partial charge is 0.270 e. The second kappa shape index (κ2) is 9.87. The molecule has 3 rings (SSSR count). The van der Waals surface area contributed by atoms with Crippen LogP contribution < -0.4 is 11.1 Å². The fourth-order valence-corrected chi connectivity index (χ4v) is 3.64. The number of carbonyl (C=O) groups excluding carboxylic acids is 1. The van der Waals surface area contributed by atoms with E-state index in [-0.39, 0.29) is 24.4 Å². The molecular formula is C18H24ClN3O2S. The van der Waals surface area contributed by atoms with Crippen molar-refractivity contribution in [1.29, 1.82) is 0 Å². The van der Waals surface area contributed by atoms with Gasteiger partial charge >= 0.3 is 0 Å². The molecule has 136 valence electrons. The zero-order valence-electron chi connectivity index (χ0n) is 14.1. The van der Waals surface area contributed by atoms with E-state index in [1.54, 1.807) is 5.38 Å². The van der Waals surface area contributed by atoms with E-state index in [1.165, 1.54) is 28.9 Å². The molecule has 1 unspecified atom stereocenters. The predicted molar refractivity (Wildman–Crippen MR) is 102 cm³/mol. The number of thiazole rings is 1. The lowest BCUT2D eigenvalue weighted by Gasteiger charge is -2.25. The fourth-order valence-electron chi connectivity index (χ4n) is 2.98. The van der Waals surface area contributed by atoms with Crippen LogP contribution in [0.4, 0.5) is 0 Å². The van der Waals surface area contributed by atoms with Gasteiger partial charge in [-0.2, -0.15) is 0 Å². The summed E-state index contributed by atoms with van der Waals surface area (Å²) in [4.78, 5) is 16.1. The summed E-state index contributed by atoms with van der Waals surface area (Å²) in [5.74, 6) is -0.144. The Balaban J connectivity index is 0.00000225. The van der Waals surface area contributed by atoms with Crippen LogP contribution in [0, 0.1) is 0 Å². The first kappa shape index (κ1) is 19.8. The first-order valence-electron chi connectivity index (χ1n) is 8.40. The molecule has 0 spiro atoms. The van der Waals surface area contributed by atoms with Crippen molar-refractivity contribution >= 4 is 29.7 Å². The zero-order valence-corrected chi connectivity index (χ0v) is 15.7. The van der Waals surface area contributed by atoms with Gasteiger partial charge in [0.15, 0.2) is 0 Å². The summed E-state index contributed by atoms with van der Waals surface area (Å²) in [6.45, 7) is 1.60. The van der Waals surface area contributed by atoms with Gasteiger partial charge < -0.3 is 15.8 Å². The number of nitrogens with zero attached hydrogens (tertiary/aromatic N) is 1. The Bertz CT molecular complexity index is 692. The molecule has 1 aromatic carbocycles. The van der Waals surface area contributed by atoms with Gasteiger partial charge in [0, 0.05) is 25.1 Å². The Morgan fingerprint density at radius 3 is 3.04 bits per heavy atom. The highest BCUT2D eigenvalue weighted by Crippen LogP contribution is 2.32. The molecule has 0 aliphatic heterocycles. The number of amides is 1. The van der Waals surface area contributed by atoms with Crippen molar-refractivity contribution in [3.63, 3.8) is 0 Å². The minimum atomic E-state index is -0.144. The summed E-state index contributed by atoms with van der Waals surface area (Å²) in [6.07, 6.45) is 4.37. The minimum Gasteiger partial charge on any atom is -0.373 e. The number of ether oxygens (including phenoxy) is 1. The number of rotatable bonds is 7. The molecule has 5 nitrogen and oxygen atoms in total. The number of halogens is 1. The molecule has 1 aromatic heterocycles. The van der Waals surface area contributed by atoms with Crippen molar-refractivity contribution < 1.29 is 9.53 Å². The van der Waals surface area contributed by atoms with Crippen LogP contribution in [0.15, 0.2) is 29.6 Å². The van der Waals surface area contributed by atoms with Gasteiger partial charge in [-0.25, -0.2) is 4.98 Å². The summed E-state index contributed by atoms with van der Waals surface area (Å²) in [6, 6.07) is 8.52. The van der Waals surface area contributed by atoms with Gasteiger partial charge in [0.2, 0.25) is 0 Å². The Hall–Kier alpha value is -1.47. The van der Waals surface area contributed by atoms with Crippen LogP contribution in [0.5, 0.6) is 0 Å². The standard InChI is InChI=1S/C18H23N3O2S.ClH/c19-11-17-21-15(12-24-17)18(22)20-9-4-10-23-16-8-3-6-13-5-1-2-7-14(13)16;/h1-2,5,7,12,16H,3-4,6,8-11,19H2,(H,20,22);1H. The van der Waals surface area contributed by atoms with Crippen molar-refractivity contribution in [2.45, 2.75) is 38.3 Å². The molecule has 2 aromatic rings. The molecule has 1 aliphatic rings. The molecule has 1 amide bonds. The third kappa shape index (κ3) is 5.25. The molecular weight excluding hydrogens is 358 g/mol. The SMILES string of the molecule is Cl.NCc1nc(C(=O)NCCCOC2CCCc3ccccc32)cs1. The molecule has 0 saturated heterocycles. The van der Waals surface area contributed by atoms with Crippen LogP contribution in [-0.2, 0) is 17.7 Å². The number of aryl methyl sites for hydroxylation is 1. The molecule has 0 radical (unpaired) electrons. The maximum atomic E-state index is 12.0. The summed E-state index contributed by atoms with van der Waals surface area (Å²) in [5, 5.41) is 5.40. The van der Waals surface area contributed by atoms with E-state index in [1.807, 2.05) is 0 Å². The van der Waals surface area contributed by atoms with Gasteiger partial charge in [-0.3, -0.25) is 4.79 Å². The van der Waals surface area contributed by atoms with Gasteiger partial charge in [-0.15, -0.1) is 23.7 Å². The van der Waals surface area contributed by atoms with Crippen LogP contribution in [-0.4, -0.2) is 24.0 Å². The lowest BCUT2D eigenvalue weighted by Crippen LogP contribution is -2.26. The molecule has 7 heteroatoms. The van der Waals surface area contributed by atoms with E-state index in [0.29, 0.717) is 25.4 Å². The maximum Gasteiger partial charge on any atom is 0.270 e. The van der Waals surface area contributed by atoms with E-state index in [4.69, 9.17) is 10.5 Å². The molecule has 0 saturated carbocycles. The monoisotopic (exact) mass is 381 g/mol. The largest absolute Gasteiger partial charge is 0.373 e. The highest BCUT2D eigenvalue weighted by molar-refractivity contribution is 7.09. The molecule has 25 heavy (non-hydrogen) atoms. The molecule has 3 N–H and O–H groups in total. The zero-order chi connectivity index (χ0) is 16.8. The van der Waals surface area contributed by atoms with Gasteiger partial charge in [-0.1, -0.05) is 24.3 Å². The number of fused-ring (bicyclic) bond motifs is 1. The highest BCUT2D eigenvalue weighted by atomic mass is 35.5. The molecule has 1 heterocycles. The molecule has 0 bridgehead atoms. The second-order valence-corrected chi connectivity index (χ2v) is 6.83. The van der Waals surface area contributed by atoms with Gasteiger partial charge in [0.1, 0.15) is 10.7 Å².